The molecule has 7 nitrogen and oxygen atoms in total. The summed E-state index contributed by atoms with van der Waals surface area (Å²) in [6, 6.07) is 6.67. The van der Waals surface area contributed by atoms with E-state index in [-0.39, 0.29) is 17.6 Å². The number of allylic oxidation sites excluding steroid dienone is 1. The number of aliphatic hydroxyl groups is 1. The van der Waals surface area contributed by atoms with Crippen LogP contribution >= 0.6 is 0 Å². The lowest BCUT2D eigenvalue weighted by molar-refractivity contribution is -0.104. The Morgan fingerprint density at radius 3 is 2.18 bits per heavy atom. The highest BCUT2D eigenvalue weighted by molar-refractivity contribution is 5.86. The molecule has 28 heavy (non-hydrogen) atoms. The van der Waals surface area contributed by atoms with Gasteiger partial charge < -0.3 is 29.2 Å². The van der Waals surface area contributed by atoms with Crippen LogP contribution in [0.2, 0.25) is 0 Å². The van der Waals surface area contributed by atoms with Crippen molar-refractivity contribution < 1.29 is 34.0 Å². The van der Waals surface area contributed by atoms with E-state index in [2.05, 4.69) is 0 Å². The molecule has 2 aromatic carbocycles. The van der Waals surface area contributed by atoms with E-state index in [0.29, 0.717) is 46.6 Å². The van der Waals surface area contributed by atoms with Crippen LogP contribution in [0.5, 0.6) is 23.0 Å². The minimum Gasteiger partial charge on any atom is -0.504 e. The van der Waals surface area contributed by atoms with E-state index in [1.54, 1.807) is 30.3 Å². The van der Waals surface area contributed by atoms with Crippen molar-refractivity contribution in [2.45, 2.75) is 12.2 Å². The predicted octanol–water partition coefficient (Wildman–Crippen LogP) is 2.73. The first kappa shape index (κ1) is 19.7. The lowest BCUT2D eigenvalue weighted by Gasteiger charge is -2.19. The first-order valence-electron chi connectivity index (χ1n) is 8.62. The molecule has 2 unspecified atom stereocenters. The Hall–Kier alpha value is -3.03. The average Bonchev–Trinajstić information content (AvgIpc) is 3.56. The monoisotopic (exact) mass is 386 g/mol. The van der Waals surface area contributed by atoms with Gasteiger partial charge in [-0.3, -0.25) is 4.79 Å². The molecule has 0 bridgehead atoms. The number of ether oxygens (including phenoxy) is 4. The maximum Gasteiger partial charge on any atom is 0.165 e. The van der Waals surface area contributed by atoms with Crippen LogP contribution < -0.4 is 14.2 Å². The molecule has 0 aliphatic carbocycles. The lowest BCUT2D eigenvalue weighted by atomic mass is 9.95. The second-order valence-electron chi connectivity index (χ2n) is 6.23. The molecule has 1 aliphatic heterocycles. The number of benzene rings is 2. The van der Waals surface area contributed by atoms with Crippen LogP contribution in [0, 0.1) is 0 Å². The molecule has 2 aromatic rings. The van der Waals surface area contributed by atoms with Crippen LogP contribution in [-0.4, -0.2) is 50.5 Å². The van der Waals surface area contributed by atoms with Crippen LogP contribution in [0.3, 0.4) is 0 Å². The minimum atomic E-state index is -0.804. The summed E-state index contributed by atoms with van der Waals surface area (Å²) >= 11 is 0. The molecule has 1 saturated heterocycles. The number of carbonyl (C=O) groups is 1. The van der Waals surface area contributed by atoms with Crippen molar-refractivity contribution in [3.63, 3.8) is 0 Å². The SMILES string of the molecule is COc1cc(/C=C/C=O)cc(-c2c(OC)cc(C(O)C3CO3)cc2OC)c1O. The van der Waals surface area contributed by atoms with E-state index in [1.807, 2.05) is 0 Å². The summed E-state index contributed by atoms with van der Waals surface area (Å²) in [5.41, 5.74) is 2.14. The van der Waals surface area contributed by atoms with Crippen LogP contribution in [0.1, 0.15) is 17.2 Å². The van der Waals surface area contributed by atoms with E-state index >= 15 is 0 Å². The number of carbonyl (C=O) groups excluding carboxylic acids is 1. The highest BCUT2D eigenvalue weighted by Gasteiger charge is 2.34. The molecule has 0 spiro atoms. The highest BCUT2D eigenvalue weighted by atomic mass is 16.6. The lowest BCUT2D eigenvalue weighted by Crippen LogP contribution is -2.06. The predicted molar refractivity (Wildman–Crippen MR) is 103 cm³/mol. The second kappa shape index (κ2) is 8.33. The molecule has 1 heterocycles. The van der Waals surface area contributed by atoms with E-state index in [9.17, 15) is 15.0 Å². The van der Waals surface area contributed by atoms with Gasteiger partial charge in [0.25, 0.3) is 0 Å². The maximum absolute atomic E-state index is 10.7. The average molecular weight is 386 g/mol. The van der Waals surface area contributed by atoms with Crippen molar-refractivity contribution >= 4 is 12.4 Å². The van der Waals surface area contributed by atoms with Crippen molar-refractivity contribution in [3.8, 4) is 34.1 Å². The number of hydrogen-bond donors (Lipinski definition) is 2. The Bertz CT molecular complexity index is 875. The molecule has 2 atom stereocenters. The zero-order valence-corrected chi connectivity index (χ0v) is 15.8. The van der Waals surface area contributed by atoms with Crippen molar-refractivity contribution in [1.29, 1.82) is 0 Å². The number of methoxy groups -OCH3 is 3. The highest BCUT2D eigenvalue weighted by Crippen LogP contribution is 2.48. The van der Waals surface area contributed by atoms with E-state index in [1.165, 1.54) is 27.4 Å². The smallest absolute Gasteiger partial charge is 0.165 e. The summed E-state index contributed by atoms with van der Waals surface area (Å²) in [4.78, 5) is 10.7. The number of aliphatic hydroxyl groups excluding tert-OH is 1. The quantitative estimate of drug-likeness (QED) is 0.409. The molecule has 2 N–H and O–H groups in total. The first-order valence-corrected chi connectivity index (χ1v) is 8.62. The summed E-state index contributed by atoms with van der Waals surface area (Å²) in [5.74, 6) is 0.953. The van der Waals surface area contributed by atoms with Gasteiger partial charge in [0, 0.05) is 5.56 Å². The van der Waals surface area contributed by atoms with Crippen molar-refractivity contribution in [2.24, 2.45) is 0 Å². The fourth-order valence-electron chi connectivity index (χ4n) is 3.04. The van der Waals surface area contributed by atoms with Crippen LogP contribution in [0.15, 0.2) is 30.3 Å². The third-order valence-electron chi connectivity index (χ3n) is 4.53. The number of epoxide rings is 1. The van der Waals surface area contributed by atoms with Crippen molar-refractivity contribution in [3.05, 3.63) is 41.5 Å². The van der Waals surface area contributed by atoms with Gasteiger partial charge in [-0.15, -0.1) is 0 Å². The molecule has 1 aliphatic rings. The van der Waals surface area contributed by atoms with Crippen LogP contribution in [-0.2, 0) is 9.53 Å². The fraction of sp³-hybridized carbons (Fsp3) is 0.286. The van der Waals surface area contributed by atoms with Gasteiger partial charge in [-0.1, -0.05) is 6.08 Å². The van der Waals surface area contributed by atoms with Gasteiger partial charge in [-0.2, -0.15) is 0 Å². The number of aldehydes is 1. The molecule has 0 saturated carbocycles. The van der Waals surface area contributed by atoms with Gasteiger partial charge in [0.05, 0.1) is 33.5 Å². The third-order valence-corrected chi connectivity index (χ3v) is 4.53. The normalized spacial score (nSPS) is 16.6. The van der Waals surface area contributed by atoms with E-state index in [0.717, 1.165) is 0 Å². The number of aromatic hydroxyl groups is 1. The summed E-state index contributed by atoms with van der Waals surface area (Å²) in [6.07, 6.45) is 2.56. The van der Waals surface area contributed by atoms with Gasteiger partial charge in [-0.05, 0) is 41.5 Å². The molecule has 1 fully saturated rings. The van der Waals surface area contributed by atoms with E-state index in [4.69, 9.17) is 18.9 Å². The molecule has 0 radical (unpaired) electrons. The Labute approximate surface area is 162 Å². The Balaban J connectivity index is 2.21. The molecular weight excluding hydrogens is 364 g/mol. The van der Waals surface area contributed by atoms with E-state index < -0.39 is 6.10 Å². The molecule has 0 amide bonds. The molecular formula is C21H22O7. The molecule has 3 rings (SSSR count). The Morgan fingerprint density at radius 2 is 1.68 bits per heavy atom. The third kappa shape index (κ3) is 3.81. The summed E-state index contributed by atoms with van der Waals surface area (Å²) in [5, 5.41) is 21.1. The molecule has 148 valence electrons. The number of phenolic OH excluding ortho intramolecular Hbond substituents is 1. The first-order chi connectivity index (χ1) is 13.5. The zero-order chi connectivity index (χ0) is 20.3. The summed E-state index contributed by atoms with van der Waals surface area (Å²) in [6.45, 7) is 0.497. The standard InChI is InChI=1S/C21H22O7/c1-25-15-9-13(20(23)18-11-28-18)10-16(26-2)19(15)14-7-12(5-4-6-22)8-17(27-3)21(14)24/h4-10,18,20,23-24H,11H2,1-3H3/b5-4+. The Morgan fingerprint density at radius 1 is 1.07 bits per heavy atom. The van der Waals surface area contributed by atoms with Crippen LogP contribution in [0.4, 0.5) is 0 Å². The number of rotatable bonds is 8. The van der Waals surface area contributed by atoms with Gasteiger partial charge in [-0.25, -0.2) is 0 Å². The second-order valence-corrected chi connectivity index (χ2v) is 6.23. The molecule has 0 aromatic heterocycles. The van der Waals surface area contributed by atoms with Gasteiger partial charge in [0.15, 0.2) is 11.5 Å². The Kier molecular flexibility index (Phi) is 5.87. The summed E-state index contributed by atoms with van der Waals surface area (Å²) < 4.78 is 21.5. The number of phenols is 1. The maximum atomic E-state index is 10.7. The van der Waals surface area contributed by atoms with Crippen LogP contribution in [0.25, 0.3) is 17.2 Å². The number of hydrogen-bond acceptors (Lipinski definition) is 7. The molecule has 7 heteroatoms. The van der Waals surface area contributed by atoms with Gasteiger partial charge in [0.2, 0.25) is 0 Å². The summed E-state index contributed by atoms with van der Waals surface area (Å²) in [7, 11) is 4.43. The largest absolute Gasteiger partial charge is 0.504 e. The van der Waals surface area contributed by atoms with Gasteiger partial charge >= 0.3 is 0 Å². The van der Waals surface area contributed by atoms with Gasteiger partial charge in [0.1, 0.15) is 30.0 Å². The van der Waals surface area contributed by atoms with Crippen molar-refractivity contribution in [1.82, 2.24) is 0 Å². The zero-order valence-electron chi connectivity index (χ0n) is 15.8. The fourth-order valence-corrected chi connectivity index (χ4v) is 3.04. The van der Waals surface area contributed by atoms with Crippen molar-refractivity contribution in [2.75, 3.05) is 27.9 Å². The topological polar surface area (TPSA) is 97.8 Å². The minimum absolute atomic E-state index is 0.0961.